The maximum Gasteiger partial charge on any atom is 0.335 e. The van der Waals surface area contributed by atoms with E-state index in [1.807, 2.05) is 13.8 Å². The summed E-state index contributed by atoms with van der Waals surface area (Å²) in [7, 11) is 0. The third-order valence-electron chi connectivity index (χ3n) is 3.33. The number of carboxylic acids is 1. The lowest BCUT2D eigenvalue weighted by molar-refractivity contribution is -0.118. The normalized spacial score (nSPS) is 20.2. The lowest BCUT2D eigenvalue weighted by atomic mass is 10.1. The molecule has 1 saturated carbocycles. The molecule has 0 heterocycles. The van der Waals surface area contributed by atoms with Crippen LogP contribution in [0.2, 0.25) is 0 Å². The van der Waals surface area contributed by atoms with Crippen LogP contribution in [0.1, 0.15) is 30.6 Å². The molecule has 0 aromatic heterocycles. The van der Waals surface area contributed by atoms with Crippen molar-refractivity contribution in [3.05, 3.63) is 23.8 Å². The number of hydrogen-bond acceptors (Lipinski definition) is 3. The smallest absolute Gasteiger partial charge is 0.335 e. The van der Waals surface area contributed by atoms with Crippen LogP contribution in [0, 0.1) is 11.3 Å². The molecule has 1 aromatic carbocycles. The van der Waals surface area contributed by atoms with Crippen molar-refractivity contribution in [1.29, 1.82) is 0 Å². The predicted octanol–water partition coefficient (Wildman–Crippen LogP) is 2.07. The monoisotopic (exact) mass is 249 g/mol. The molecule has 0 radical (unpaired) electrons. The zero-order valence-electron chi connectivity index (χ0n) is 10.2. The highest BCUT2D eigenvalue weighted by molar-refractivity contribution is 5.97. The van der Waals surface area contributed by atoms with E-state index in [0.29, 0.717) is 0 Å². The predicted molar refractivity (Wildman–Crippen MR) is 65.6 cm³/mol. The Hall–Kier alpha value is -2.04. The summed E-state index contributed by atoms with van der Waals surface area (Å²) < 4.78 is 0. The quantitative estimate of drug-likeness (QED) is 0.716. The van der Waals surface area contributed by atoms with Gasteiger partial charge >= 0.3 is 5.97 Å². The van der Waals surface area contributed by atoms with Gasteiger partial charge < -0.3 is 15.5 Å². The van der Waals surface area contributed by atoms with Gasteiger partial charge in [0.2, 0.25) is 5.91 Å². The molecule has 96 valence electrons. The molecule has 1 aliphatic rings. The molecule has 5 nitrogen and oxygen atoms in total. The molecule has 1 amide bonds. The highest BCUT2D eigenvalue weighted by Gasteiger charge is 2.50. The van der Waals surface area contributed by atoms with Gasteiger partial charge in [0.25, 0.3) is 0 Å². The Bertz CT molecular complexity index is 522. The molecule has 1 unspecified atom stereocenters. The van der Waals surface area contributed by atoms with Crippen LogP contribution in [-0.4, -0.2) is 22.1 Å². The third kappa shape index (κ3) is 2.30. The van der Waals surface area contributed by atoms with Crippen molar-refractivity contribution in [3.63, 3.8) is 0 Å². The third-order valence-corrected chi connectivity index (χ3v) is 3.33. The van der Waals surface area contributed by atoms with Crippen LogP contribution in [0.15, 0.2) is 18.2 Å². The summed E-state index contributed by atoms with van der Waals surface area (Å²) in [5.74, 6) is -1.54. The van der Waals surface area contributed by atoms with Gasteiger partial charge in [0.05, 0.1) is 11.3 Å². The van der Waals surface area contributed by atoms with E-state index >= 15 is 0 Å². The van der Waals surface area contributed by atoms with Crippen molar-refractivity contribution >= 4 is 17.6 Å². The van der Waals surface area contributed by atoms with Gasteiger partial charge in [-0.15, -0.1) is 0 Å². The zero-order chi connectivity index (χ0) is 13.5. The summed E-state index contributed by atoms with van der Waals surface area (Å²) in [6.07, 6.45) is 0.826. The molecule has 5 heteroatoms. The van der Waals surface area contributed by atoms with Gasteiger partial charge in [0.15, 0.2) is 0 Å². The number of benzene rings is 1. The van der Waals surface area contributed by atoms with Gasteiger partial charge in [-0.25, -0.2) is 4.79 Å². The van der Waals surface area contributed by atoms with E-state index in [9.17, 15) is 14.7 Å². The van der Waals surface area contributed by atoms with Crippen LogP contribution in [0.5, 0.6) is 5.75 Å². The topological polar surface area (TPSA) is 86.6 Å². The number of carboxylic acid groups (broad SMARTS) is 1. The van der Waals surface area contributed by atoms with Gasteiger partial charge in [0, 0.05) is 5.92 Å². The molecule has 18 heavy (non-hydrogen) atoms. The molecule has 0 spiro atoms. The van der Waals surface area contributed by atoms with Crippen LogP contribution in [0.4, 0.5) is 5.69 Å². The average Bonchev–Trinajstić information content (AvgIpc) is 2.90. The fourth-order valence-corrected chi connectivity index (χ4v) is 1.90. The molecular formula is C13H15NO4. The van der Waals surface area contributed by atoms with E-state index in [1.165, 1.54) is 12.1 Å². The van der Waals surface area contributed by atoms with Gasteiger partial charge in [-0.2, -0.15) is 0 Å². The highest BCUT2D eigenvalue weighted by Crippen LogP contribution is 2.52. The van der Waals surface area contributed by atoms with Crippen molar-refractivity contribution in [1.82, 2.24) is 0 Å². The number of carbonyl (C=O) groups is 2. The number of aromatic hydroxyl groups is 1. The largest absolute Gasteiger partial charge is 0.506 e. The van der Waals surface area contributed by atoms with E-state index in [4.69, 9.17) is 5.11 Å². The van der Waals surface area contributed by atoms with Crippen LogP contribution in [0.25, 0.3) is 0 Å². The molecule has 0 aliphatic heterocycles. The lowest BCUT2D eigenvalue weighted by Gasteiger charge is -2.08. The SMILES string of the molecule is CC1(C)CC1C(=O)Nc1ccc(C(=O)O)cc1O. The Morgan fingerprint density at radius 3 is 2.44 bits per heavy atom. The average molecular weight is 249 g/mol. The number of nitrogens with one attached hydrogen (secondary N) is 1. The second-order valence-electron chi connectivity index (χ2n) is 5.27. The Balaban J connectivity index is 2.11. The number of rotatable bonds is 3. The molecule has 1 atom stereocenters. The standard InChI is InChI=1S/C13H15NO4/c1-13(2)6-8(13)11(16)14-9-4-3-7(12(17)18)5-10(9)15/h3-5,8,15H,6H2,1-2H3,(H,14,16)(H,17,18). The first-order valence-electron chi connectivity index (χ1n) is 5.68. The molecule has 1 aromatic rings. The Labute approximate surface area is 104 Å². The zero-order valence-corrected chi connectivity index (χ0v) is 10.2. The van der Waals surface area contributed by atoms with Gasteiger partial charge in [-0.05, 0) is 30.0 Å². The van der Waals surface area contributed by atoms with E-state index in [0.717, 1.165) is 12.5 Å². The summed E-state index contributed by atoms with van der Waals surface area (Å²) in [6.45, 7) is 4.01. The van der Waals surface area contributed by atoms with Crippen LogP contribution < -0.4 is 5.32 Å². The fraction of sp³-hybridized carbons (Fsp3) is 0.385. The van der Waals surface area contributed by atoms with Crippen molar-refractivity contribution < 1.29 is 19.8 Å². The van der Waals surface area contributed by atoms with Gasteiger partial charge in [-0.1, -0.05) is 13.8 Å². The maximum atomic E-state index is 11.8. The molecule has 1 fully saturated rings. The summed E-state index contributed by atoms with van der Waals surface area (Å²) in [5, 5.41) is 21.0. The van der Waals surface area contributed by atoms with Crippen molar-refractivity contribution in [2.45, 2.75) is 20.3 Å². The number of hydrogen-bond donors (Lipinski definition) is 3. The number of phenolic OH excluding ortho intramolecular Hbond substituents is 1. The summed E-state index contributed by atoms with van der Waals surface area (Å²) >= 11 is 0. The number of anilines is 1. The molecular weight excluding hydrogens is 234 g/mol. The number of amides is 1. The molecule has 0 bridgehead atoms. The lowest BCUT2D eigenvalue weighted by Crippen LogP contribution is -2.16. The van der Waals surface area contributed by atoms with Crippen molar-refractivity contribution in [2.24, 2.45) is 11.3 Å². The minimum absolute atomic E-state index is 0.0146. The number of carbonyl (C=O) groups excluding carboxylic acids is 1. The number of aromatic carboxylic acids is 1. The second-order valence-corrected chi connectivity index (χ2v) is 5.27. The van der Waals surface area contributed by atoms with Crippen LogP contribution >= 0.6 is 0 Å². The summed E-state index contributed by atoms with van der Waals surface area (Å²) in [6, 6.07) is 3.86. The Morgan fingerprint density at radius 1 is 1.39 bits per heavy atom. The minimum Gasteiger partial charge on any atom is -0.506 e. The maximum absolute atomic E-state index is 11.8. The second kappa shape index (κ2) is 4.01. The fourth-order valence-electron chi connectivity index (χ4n) is 1.90. The van der Waals surface area contributed by atoms with E-state index < -0.39 is 5.97 Å². The first-order valence-corrected chi connectivity index (χ1v) is 5.68. The first kappa shape index (κ1) is 12.4. The Morgan fingerprint density at radius 2 is 2.00 bits per heavy atom. The number of phenols is 1. The van der Waals surface area contributed by atoms with E-state index in [-0.39, 0.29) is 34.2 Å². The molecule has 0 saturated heterocycles. The Kier molecular flexibility index (Phi) is 2.77. The molecule has 3 N–H and O–H groups in total. The van der Waals surface area contributed by atoms with Crippen molar-refractivity contribution in [2.75, 3.05) is 5.32 Å². The summed E-state index contributed by atoms with van der Waals surface area (Å²) in [5.41, 5.74) is 0.241. The van der Waals surface area contributed by atoms with Crippen LogP contribution in [0.3, 0.4) is 0 Å². The van der Waals surface area contributed by atoms with Crippen LogP contribution in [-0.2, 0) is 4.79 Å². The van der Waals surface area contributed by atoms with Crippen molar-refractivity contribution in [3.8, 4) is 5.75 Å². The molecule has 2 rings (SSSR count). The summed E-state index contributed by atoms with van der Waals surface area (Å²) in [4.78, 5) is 22.5. The first-order chi connectivity index (χ1) is 8.31. The highest BCUT2D eigenvalue weighted by atomic mass is 16.4. The van der Waals surface area contributed by atoms with E-state index in [2.05, 4.69) is 5.32 Å². The van der Waals surface area contributed by atoms with Gasteiger partial charge in [0.1, 0.15) is 5.75 Å². The minimum atomic E-state index is -1.12. The van der Waals surface area contributed by atoms with E-state index in [1.54, 1.807) is 0 Å². The van der Waals surface area contributed by atoms with Gasteiger partial charge in [-0.3, -0.25) is 4.79 Å². The molecule has 1 aliphatic carbocycles.